The Kier molecular flexibility index (Phi) is 5.47. The predicted molar refractivity (Wildman–Crippen MR) is 90.9 cm³/mol. The predicted octanol–water partition coefficient (Wildman–Crippen LogP) is 2.73. The first kappa shape index (κ1) is 17.9. The zero-order valence-electron chi connectivity index (χ0n) is 14.3. The molecule has 0 radical (unpaired) electrons. The minimum atomic E-state index is -3.51. The maximum absolute atomic E-state index is 12.6. The van der Waals surface area contributed by atoms with Gasteiger partial charge >= 0.3 is 0 Å². The number of benzene rings is 1. The molecule has 5 nitrogen and oxygen atoms in total. The third-order valence-electron chi connectivity index (χ3n) is 4.57. The Morgan fingerprint density at radius 2 is 1.83 bits per heavy atom. The molecule has 2 rings (SSSR count). The van der Waals surface area contributed by atoms with Crippen molar-refractivity contribution in [1.29, 1.82) is 0 Å². The Bertz CT molecular complexity index is 653. The van der Waals surface area contributed by atoms with E-state index in [4.69, 9.17) is 0 Å². The fourth-order valence-electron chi connectivity index (χ4n) is 2.78. The number of carbonyl (C=O) groups is 1. The summed E-state index contributed by atoms with van der Waals surface area (Å²) in [5.41, 5.74) is 0.546. The van der Waals surface area contributed by atoms with Crippen molar-refractivity contribution in [3.8, 4) is 0 Å². The maximum atomic E-state index is 12.6. The van der Waals surface area contributed by atoms with E-state index in [0.29, 0.717) is 5.56 Å². The van der Waals surface area contributed by atoms with Gasteiger partial charge < -0.3 is 4.90 Å². The van der Waals surface area contributed by atoms with Crippen molar-refractivity contribution in [2.45, 2.75) is 57.0 Å². The lowest BCUT2D eigenvalue weighted by molar-refractivity contribution is 0.0635. The van der Waals surface area contributed by atoms with Gasteiger partial charge in [0.05, 0.1) is 4.90 Å². The van der Waals surface area contributed by atoms with Gasteiger partial charge in [-0.25, -0.2) is 8.42 Å². The van der Waals surface area contributed by atoms with Gasteiger partial charge in [0.15, 0.2) is 0 Å². The summed E-state index contributed by atoms with van der Waals surface area (Å²) in [4.78, 5) is 14.7. The molecule has 0 aromatic heterocycles. The molecule has 1 aromatic carbocycles. The number of amides is 1. The molecule has 1 aliphatic rings. The molecule has 1 amide bonds. The fraction of sp³-hybridized carbons (Fsp3) is 0.588. The molecule has 1 saturated heterocycles. The summed E-state index contributed by atoms with van der Waals surface area (Å²) in [5, 5.41) is 0. The van der Waals surface area contributed by atoms with Crippen molar-refractivity contribution in [2.75, 3.05) is 13.6 Å². The molecule has 1 fully saturated rings. The summed E-state index contributed by atoms with van der Waals surface area (Å²) < 4.78 is 26.2. The van der Waals surface area contributed by atoms with Crippen LogP contribution in [-0.4, -0.2) is 49.2 Å². The van der Waals surface area contributed by atoms with E-state index in [2.05, 4.69) is 6.92 Å². The number of likely N-dealkylation sites (tertiary alicyclic amines) is 1. The first-order valence-corrected chi connectivity index (χ1v) is 9.58. The Morgan fingerprint density at radius 1 is 1.22 bits per heavy atom. The molecule has 0 aliphatic carbocycles. The van der Waals surface area contributed by atoms with Crippen LogP contribution in [0.2, 0.25) is 0 Å². The lowest BCUT2D eigenvalue weighted by Gasteiger charge is -2.33. The number of piperidine rings is 1. The second-order valence-corrected chi connectivity index (χ2v) is 8.48. The summed E-state index contributed by atoms with van der Waals surface area (Å²) in [6.07, 6.45) is 3.21. The van der Waals surface area contributed by atoms with E-state index in [1.54, 1.807) is 19.2 Å². The highest BCUT2D eigenvalue weighted by atomic mass is 32.2. The van der Waals surface area contributed by atoms with E-state index in [-0.39, 0.29) is 22.9 Å². The third-order valence-corrected chi connectivity index (χ3v) is 6.62. The molecule has 1 unspecified atom stereocenters. The molecule has 0 N–H and O–H groups in total. The summed E-state index contributed by atoms with van der Waals surface area (Å²) in [6, 6.07) is 6.41. The molecule has 1 atom stereocenters. The van der Waals surface area contributed by atoms with Crippen LogP contribution in [0, 0.1) is 0 Å². The Hall–Kier alpha value is -1.40. The van der Waals surface area contributed by atoms with Crippen LogP contribution in [-0.2, 0) is 10.0 Å². The van der Waals surface area contributed by atoms with Gasteiger partial charge in [-0.2, -0.15) is 4.31 Å². The van der Waals surface area contributed by atoms with Gasteiger partial charge in [0.25, 0.3) is 5.91 Å². The number of rotatable bonds is 4. The zero-order valence-corrected chi connectivity index (χ0v) is 15.1. The van der Waals surface area contributed by atoms with Crippen LogP contribution in [0.3, 0.4) is 0 Å². The van der Waals surface area contributed by atoms with Crippen LogP contribution in [0.15, 0.2) is 29.2 Å². The Morgan fingerprint density at radius 3 is 2.35 bits per heavy atom. The number of sulfonamides is 1. The van der Waals surface area contributed by atoms with E-state index in [1.807, 2.05) is 18.7 Å². The minimum absolute atomic E-state index is 0.0154. The number of hydrogen-bond donors (Lipinski definition) is 0. The normalized spacial score (nSPS) is 19.4. The second kappa shape index (κ2) is 7.01. The van der Waals surface area contributed by atoms with E-state index in [1.165, 1.54) is 16.4 Å². The van der Waals surface area contributed by atoms with E-state index >= 15 is 0 Å². The first-order chi connectivity index (χ1) is 10.7. The second-order valence-electron chi connectivity index (χ2n) is 6.48. The average molecular weight is 338 g/mol. The maximum Gasteiger partial charge on any atom is 0.254 e. The monoisotopic (exact) mass is 338 g/mol. The summed E-state index contributed by atoms with van der Waals surface area (Å²) in [5.74, 6) is -0.0154. The smallest absolute Gasteiger partial charge is 0.254 e. The SMILES string of the molecule is CC1CCCCN1C(=O)c1ccc(S(=O)(=O)N(C)C(C)C)cc1. The molecular weight excluding hydrogens is 312 g/mol. The lowest BCUT2D eigenvalue weighted by Crippen LogP contribution is -2.42. The van der Waals surface area contributed by atoms with Crippen molar-refractivity contribution >= 4 is 15.9 Å². The summed E-state index contributed by atoms with van der Waals surface area (Å²) in [6.45, 7) is 6.49. The van der Waals surface area contributed by atoms with Crippen LogP contribution < -0.4 is 0 Å². The number of nitrogens with zero attached hydrogens (tertiary/aromatic N) is 2. The third kappa shape index (κ3) is 3.75. The highest BCUT2D eigenvalue weighted by Crippen LogP contribution is 2.21. The molecule has 1 heterocycles. The van der Waals surface area contributed by atoms with Crippen molar-refractivity contribution in [2.24, 2.45) is 0 Å². The van der Waals surface area contributed by atoms with Gasteiger partial charge in [-0.15, -0.1) is 0 Å². The van der Waals surface area contributed by atoms with Crippen LogP contribution in [0.1, 0.15) is 50.4 Å². The largest absolute Gasteiger partial charge is 0.336 e. The van der Waals surface area contributed by atoms with Crippen molar-refractivity contribution in [1.82, 2.24) is 9.21 Å². The average Bonchev–Trinajstić information content (AvgIpc) is 2.54. The van der Waals surface area contributed by atoms with Crippen LogP contribution in [0.25, 0.3) is 0 Å². The van der Waals surface area contributed by atoms with Crippen LogP contribution >= 0.6 is 0 Å². The fourth-order valence-corrected chi connectivity index (χ4v) is 4.15. The molecule has 1 aliphatic heterocycles. The summed E-state index contributed by atoms with van der Waals surface area (Å²) in [7, 11) is -1.94. The highest BCUT2D eigenvalue weighted by Gasteiger charge is 2.26. The van der Waals surface area contributed by atoms with Crippen molar-refractivity contribution in [3.63, 3.8) is 0 Å². The summed E-state index contributed by atoms with van der Waals surface area (Å²) >= 11 is 0. The van der Waals surface area contributed by atoms with E-state index in [9.17, 15) is 13.2 Å². The molecule has 6 heteroatoms. The zero-order chi connectivity index (χ0) is 17.2. The van der Waals surface area contributed by atoms with Gasteiger partial charge in [-0.3, -0.25) is 4.79 Å². The number of carbonyl (C=O) groups excluding carboxylic acids is 1. The van der Waals surface area contributed by atoms with Gasteiger partial charge in [0.2, 0.25) is 10.0 Å². The molecule has 23 heavy (non-hydrogen) atoms. The van der Waals surface area contributed by atoms with Crippen molar-refractivity contribution < 1.29 is 13.2 Å². The lowest BCUT2D eigenvalue weighted by atomic mass is 10.0. The van der Waals surface area contributed by atoms with Gasteiger partial charge in [0.1, 0.15) is 0 Å². The van der Waals surface area contributed by atoms with Gasteiger partial charge in [-0.1, -0.05) is 0 Å². The molecule has 0 spiro atoms. The molecule has 0 saturated carbocycles. The van der Waals surface area contributed by atoms with Crippen LogP contribution in [0.5, 0.6) is 0 Å². The molecule has 0 bridgehead atoms. The standard InChI is InChI=1S/C17H26N2O3S/c1-13(2)18(4)23(21,22)16-10-8-15(9-11-16)17(20)19-12-6-5-7-14(19)3/h8-11,13-14H,5-7,12H2,1-4H3. The van der Waals surface area contributed by atoms with E-state index in [0.717, 1.165) is 25.8 Å². The quantitative estimate of drug-likeness (QED) is 0.848. The molecular formula is C17H26N2O3S. The minimum Gasteiger partial charge on any atom is -0.336 e. The Labute approximate surface area is 139 Å². The van der Waals surface area contributed by atoms with Gasteiger partial charge in [-0.05, 0) is 64.3 Å². The van der Waals surface area contributed by atoms with Crippen LogP contribution in [0.4, 0.5) is 0 Å². The highest BCUT2D eigenvalue weighted by molar-refractivity contribution is 7.89. The Balaban J connectivity index is 2.21. The molecule has 1 aromatic rings. The number of hydrogen-bond acceptors (Lipinski definition) is 3. The first-order valence-electron chi connectivity index (χ1n) is 8.14. The van der Waals surface area contributed by atoms with Crippen molar-refractivity contribution in [3.05, 3.63) is 29.8 Å². The topological polar surface area (TPSA) is 57.7 Å². The van der Waals surface area contributed by atoms with Gasteiger partial charge in [0, 0.05) is 31.2 Å². The molecule has 128 valence electrons. The van der Waals surface area contributed by atoms with E-state index < -0.39 is 10.0 Å².